The molecule has 0 amide bonds. The van der Waals surface area contributed by atoms with Gasteiger partial charge < -0.3 is 0 Å². The Bertz CT molecular complexity index is 97.1. The van der Waals surface area contributed by atoms with Crippen LogP contribution in [0.1, 0.15) is 13.8 Å². The lowest BCUT2D eigenvalue weighted by Crippen LogP contribution is -2.06. The third kappa shape index (κ3) is 3.34. The van der Waals surface area contributed by atoms with Crippen LogP contribution in [0.2, 0.25) is 0 Å². The zero-order chi connectivity index (χ0) is 6.57. The maximum absolute atomic E-state index is 8.18. The van der Waals surface area contributed by atoms with Crippen LogP contribution in [0.4, 0.5) is 0 Å². The van der Waals surface area contributed by atoms with Crippen LogP contribution in [0.5, 0.6) is 0 Å². The molecule has 0 aromatic rings. The molecule has 0 aliphatic heterocycles. The second-order valence-electron chi connectivity index (χ2n) is 1.59. The molecule has 0 heterocycles. The van der Waals surface area contributed by atoms with E-state index in [1.165, 1.54) is 11.8 Å². The standard InChI is InChI=1S/C5H8BrNS/c1-4(6)5(2)8-3-7/h4-5H,1-2H3. The van der Waals surface area contributed by atoms with E-state index in [9.17, 15) is 0 Å². The molecule has 1 nitrogen and oxygen atoms in total. The molecule has 0 aromatic heterocycles. The summed E-state index contributed by atoms with van der Waals surface area (Å²) in [7, 11) is 0. The van der Waals surface area contributed by atoms with Gasteiger partial charge in [0.25, 0.3) is 0 Å². The van der Waals surface area contributed by atoms with Crippen molar-refractivity contribution in [3.63, 3.8) is 0 Å². The number of hydrogen-bond acceptors (Lipinski definition) is 2. The highest BCUT2D eigenvalue weighted by Gasteiger charge is 2.06. The SMILES string of the molecule is CC(Br)C(C)SC#N. The van der Waals surface area contributed by atoms with Gasteiger partial charge in [0.2, 0.25) is 0 Å². The maximum Gasteiger partial charge on any atom is 0.133 e. The predicted molar refractivity (Wildman–Crippen MR) is 41.1 cm³/mol. The molecular weight excluding hydrogens is 186 g/mol. The Morgan fingerprint density at radius 3 is 2.25 bits per heavy atom. The van der Waals surface area contributed by atoms with E-state index in [2.05, 4.69) is 15.9 Å². The van der Waals surface area contributed by atoms with Crippen molar-refractivity contribution in [3.8, 4) is 5.40 Å². The van der Waals surface area contributed by atoms with E-state index in [-0.39, 0.29) is 0 Å². The summed E-state index contributed by atoms with van der Waals surface area (Å²) in [4.78, 5) is 0.423. The van der Waals surface area contributed by atoms with Crippen molar-refractivity contribution in [2.24, 2.45) is 0 Å². The fourth-order valence-electron chi connectivity index (χ4n) is 0.177. The summed E-state index contributed by atoms with van der Waals surface area (Å²) >= 11 is 4.67. The lowest BCUT2D eigenvalue weighted by Gasteiger charge is -2.06. The highest BCUT2D eigenvalue weighted by molar-refractivity contribution is 9.09. The van der Waals surface area contributed by atoms with Gasteiger partial charge in [0, 0.05) is 10.1 Å². The molecule has 0 spiro atoms. The summed E-state index contributed by atoms with van der Waals surface area (Å²) < 4.78 is 0. The Balaban J connectivity index is 3.35. The molecule has 0 rings (SSSR count). The lowest BCUT2D eigenvalue weighted by atomic mass is 10.4. The van der Waals surface area contributed by atoms with Gasteiger partial charge in [-0.15, -0.1) is 0 Å². The van der Waals surface area contributed by atoms with Gasteiger partial charge >= 0.3 is 0 Å². The van der Waals surface area contributed by atoms with E-state index < -0.39 is 0 Å². The molecule has 0 aliphatic rings. The molecule has 0 fully saturated rings. The fraction of sp³-hybridized carbons (Fsp3) is 0.800. The van der Waals surface area contributed by atoms with Gasteiger partial charge in [0.05, 0.1) is 0 Å². The summed E-state index contributed by atoms with van der Waals surface area (Å²) in [5, 5.41) is 10.6. The molecule has 3 heteroatoms. The van der Waals surface area contributed by atoms with Crippen LogP contribution < -0.4 is 0 Å². The zero-order valence-corrected chi connectivity index (χ0v) is 7.29. The van der Waals surface area contributed by atoms with Crippen molar-refractivity contribution < 1.29 is 0 Å². The molecule has 8 heavy (non-hydrogen) atoms. The Hall–Kier alpha value is 0.320. The number of alkyl halides is 1. The minimum Gasteiger partial charge on any atom is -0.185 e. The molecule has 2 atom stereocenters. The van der Waals surface area contributed by atoms with Crippen molar-refractivity contribution >= 4 is 27.7 Å². The molecule has 0 aliphatic carbocycles. The van der Waals surface area contributed by atoms with E-state index in [0.29, 0.717) is 10.1 Å². The monoisotopic (exact) mass is 193 g/mol. The summed E-state index contributed by atoms with van der Waals surface area (Å²) in [5.74, 6) is 0. The Kier molecular flexibility index (Phi) is 4.39. The Labute approximate surface area is 62.6 Å². The normalized spacial score (nSPS) is 16.8. The van der Waals surface area contributed by atoms with Gasteiger partial charge in [0.1, 0.15) is 5.40 Å². The number of hydrogen-bond donors (Lipinski definition) is 0. The molecule has 0 saturated heterocycles. The Morgan fingerprint density at radius 2 is 2.12 bits per heavy atom. The molecular formula is C5H8BrNS. The van der Waals surface area contributed by atoms with Crippen LogP contribution in [-0.2, 0) is 0 Å². The molecule has 0 N–H and O–H groups in total. The van der Waals surface area contributed by atoms with Gasteiger partial charge in [-0.05, 0) is 11.8 Å². The first kappa shape index (κ1) is 8.32. The van der Waals surface area contributed by atoms with Crippen LogP contribution in [0.25, 0.3) is 0 Å². The first-order chi connectivity index (χ1) is 3.68. The third-order valence-electron chi connectivity index (χ3n) is 0.885. The molecule has 0 saturated carbocycles. The summed E-state index contributed by atoms with van der Waals surface area (Å²) in [6.45, 7) is 4.06. The quantitative estimate of drug-likeness (QED) is 0.497. The number of nitriles is 1. The molecule has 0 radical (unpaired) electrons. The number of thioether (sulfide) groups is 1. The smallest absolute Gasteiger partial charge is 0.133 e. The van der Waals surface area contributed by atoms with Crippen LogP contribution >= 0.6 is 27.7 Å². The highest BCUT2D eigenvalue weighted by atomic mass is 79.9. The first-order valence-electron chi connectivity index (χ1n) is 2.37. The van der Waals surface area contributed by atoms with E-state index >= 15 is 0 Å². The third-order valence-corrected chi connectivity index (χ3v) is 2.91. The van der Waals surface area contributed by atoms with Gasteiger partial charge in [-0.25, -0.2) is 0 Å². The summed E-state index contributed by atoms with van der Waals surface area (Å²) in [5.41, 5.74) is 0. The van der Waals surface area contributed by atoms with E-state index in [1.54, 1.807) is 0 Å². The molecule has 46 valence electrons. The second-order valence-corrected chi connectivity index (χ2v) is 4.20. The summed E-state index contributed by atoms with van der Waals surface area (Å²) in [6, 6.07) is 0. The fourth-order valence-corrected chi connectivity index (χ4v) is 0.854. The van der Waals surface area contributed by atoms with E-state index in [4.69, 9.17) is 5.26 Å². The minimum atomic E-state index is 0.389. The number of rotatable bonds is 2. The topological polar surface area (TPSA) is 23.8 Å². The second kappa shape index (κ2) is 4.22. The highest BCUT2D eigenvalue weighted by Crippen LogP contribution is 2.17. The van der Waals surface area contributed by atoms with Crippen LogP contribution in [0, 0.1) is 10.7 Å². The molecule has 2 unspecified atom stereocenters. The van der Waals surface area contributed by atoms with Crippen molar-refractivity contribution in [2.45, 2.75) is 23.9 Å². The predicted octanol–water partition coefficient (Wildman–Crippen LogP) is 2.37. The van der Waals surface area contributed by atoms with E-state index in [0.717, 1.165) is 0 Å². The number of thiocyanates is 1. The van der Waals surface area contributed by atoms with Crippen molar-refractivity contribution in [3.05, 3.63) is 0 Å². The molecule has 0 aromatic carbocycles. The average Bonchev–Trinajstić information content (AvgIpc) is 1.67. The van der Waals surface area contributed by atoms with Gasteiger partial charge in [-0.3, -0.25) is 0 Å². The largest absolute Gasteiger partial charge is 0.185 e. The first-order valence-corrected chi connectivity index (χ1v) is 4.17. The average molecular weight is 194 g/mol. The lowest BCUT2D eigenvalue weighted by molar-refractivity contribution is 0.947. The minimum absolute atomic E-state index is 0.389. The van der Waals surface area contributed by atoms with Gasteiger partial charge in [-0.2, -0.15) is 5.26 Å². The van der Waals surface area contributed by atoms with Gasteiger partial charge in [0.15, 0.2) is 0 Å². The van der Waals surface area contributed by atoms with Crippen molar-refractivity contribution in [1.82, 2.24) is 0 Å². The number of nitrogens with zero attached hydrogens (tertiary/aromatic N) is 1. The zero-order valence-electron chi connectivity index (χ0n) is 4.89. The van der Waals surface area contributed by atoms with E-state index in [1.807, 2.05) is 19.2 Å². The number of halogens is 1. The maximum atomic E-state index is 8.18. The summed E-state index contributed by atoms with van der Waals surface area (Å²) in [6.07, 6.45) is 0. The molecule has 0 bridgehead atoms. The van der Waals surface area contributed by atoms with Crippen molar-refractivity contribution in [2.75, 3.05) is 0 Å². The van der Waals surface area contributed by atoms with Crippen LogP contribution in [0.15, 0.2) is 0 Å². The van der Waals surface area contributed by atoms with Crippen molar-refractivity contribution in [1.29, 1.82) is 5.26 Å². The Morgan fingerprint density at radius 1 is 1.62 bits per heavy atom. The van der Waals surface area contributed by atoms with Gasteiger partial charge in [-0.1, -0.05) is 29.8 Å². The van der Waals surface area contributed by atoms with Crippen LogP contribution in [-0.4, -0.2) is 10.1 Å². The van der Waals surface area contributed by atoms with Crippen LogP contribution in [0.3, 0.4) is 0 Å².